The predicted octanol–water partition coefficient (Wildman–Crippen LogP) is 1.08. The molecule has 0 aromatic heterocycles. The smallest absolute Gasteiger partial charge is 0.338 e. The Morgan fingerprint density at radius 2 is 2.12 bits per heavy atom. The van der Waals surface area contributed by atoms with Gasteiger partial charge >= 0.3 is 5.97 Å². The monoisotopic (exact) mass is 221 g/mol. The Balaban J connectivity index is 3.07. The minimum Gasteiger partial charge on any atom is -0.462 e. The largest absolute Gasteiger partial charge is 0.462 e. The number of nitrogens with zero attached hydrogens (tertiary/aromatic N) is 1. The molecular formula is C11H15N3O2. The van der Waals surface area contributed by atoms with Crippen LogP contribution in [0.4, 0.5) is 5.69 Å². The number of hydrogen-bond acceptors (Lipinski definition) is 3. The van der Waals surface area contributed by atoms with E-state index < -0.39 is 0 Å². The summed E-state index contributed by atoms with van der Waals surface area (Å²) in [5.41, 5.74) is 12.5. The highest BCUT2D eigenvalue weighted by Crippen LogP contribution is 2.20. The fourth-order valence-electron chi connectivity index (χ4n) is 1.21. The van der Waals surface area contributed by atoms with Crippen molar-refractivity contribution in [3.63, 3.8) is 0 Å². The summed E-state index contributed by atoms with van der Waals surface area (Å²) in [4.78, 5) is 15.4. The van der Waals surface area contributed by atoms with Crippen LogP contribution < -0.4 is 11.5 Å². The van der Waals surface area contributed by atoms with Crippen LogP contribution in [0.15, 0.2) is 23.2 Å². The lowest BCUT2D eigenvalue weighted by molar-refractivity contribution is 0.0526. The molecule has 0 aliphatic rings. The summed E-state index contributed by atoms with van der Waals surface area (Å²) < 4.78 is 4.88. The molecule has 5 heteroatoms. The van der Waals surface area contributed by atoms with Gasteiger partial charge in [-0.25, -0.2) is 9.79 Å². The van der Waals surface area contributed by atoms with Crippen LogP contribution in [0, 0.1) is 6.92 Å². The fourth-order valence-corrected chi connectivity index (χ4v) is 1.21. The van der Waals surface area contributed by atoms with Crippen molar-refractivity contribution in [3.05, 3.63) is 29.3 Å². The first-order chi connectivity index (χ1) is 7.54. The SMILES string of the molecule is CCOC(=O)c1ccc(C)c(N=C(N)N)c1. The molecular weight excluding hydrogens is 206 g/mol. The van der Waals surface area contributed by atoms with E-state index in [2.05, 4.69) is 4.99 Å². The van der Waals surface area contributed by atoms with Crippen molar-refractivity contribution in [3.8, 4) is 0 Å². The zero-order chi connectivity index (χ0) is 12.1. The van der Waals surface area contributed by atoms with E-state index in [1.54, 1.807) is 25.1 Å². The molecule has 0 saturated heterocycles. The number of rotatable bonds is 3. The van der Waals surface area contributed by atoms with Gasteiger partial charge in [-0.05, 0) is 31.5 Å². The number of esters is 1. The highest BCUT2D eigenvalue weighted by atomic mass is 16.5. The van der Waals surface area contributed by atoms with Crippen molar-refractivity contribution in [1.82, 2.24) is 0 Å². The average molecular weight is 221 g/mol. The number of hydrogen-bond donors (Lipinski definition) is 2. The van der Waals surface area contributed by atoms with Crippen molar-refractivity contribution in [2.45, 2.75) is 13.8 Å². The van der Waals surface area contributed by atoms with E-state index in [0.29, 0.717) is 17.9 Å². The first-order valence-corrected chi connectivity index (χ1v) is 4.92. The van der Waals surface area contributed by atoms with E-state index in [-0.39, 0.29) is 11.9 Å². The van der Waals surface area contributed by atoms with Gasteiger partial charge in [0.15, 0.2) is 5.96 Å². The second-order valence-electron chi connectivity index (χ2n) is 3.26. The van der Waals surface area contributed by atoms with Crippen LogP contribution in [0.25, 0.3) is 0 Å². The molecule has 0 amide bonds. The van der Waals surface area contributed by atoms with Crippen molar-refractivity contribution < 1.29 is 9.53 Å². The average Bonchev–Trinajstić information content (AvgIpc) is 2.21. The zero-order valence-corrected chi connectivity index (χ0v) is 9.36. The molecule has 1 rings (SSSR count). The van der Waals surface area contributed by atoms with Crippen molar-refractivity contribution in [2.24, 2.45) is 16.5 Å². The molecule has 0 heterocycles. The Morgan fingerprint density at radius 3 is 2.69 bits per heavy atom. The van der Waals surface area contributed by atoms with Crippen LogP contribution in [0.5, 0.6) is 0 Å². The lowest BCUT2D eigenvalue weighted by Gasteiger charge is -2.05. The number of aliphatic imine (C=N–C) groups is 1. The summed E-state index contributed by atoms with van der Waals surface area (Å²) in [6.45, 7) is 3.95. The number of carbonyl (C=O) groups is 1. The third-order valence-corrected chi connectivity index (χ3v) is 1.97. The maximum absolute atomic E-state index is 11.5. The first-order valence-electron chi connectivity index (χ1n) is 4.92. The number of ether oxygens (including phenoxy) is 1. The summed E-state index contributed by atoms with van der Waals surface area (Å²) in [7, 11) is 0. The van der Waals surface area contributed by atoms with Crippen LogP contribution in [0.2, 0.25) is 0 Å². The van der Waals surface area contributed by atoms with Gasteiger partial charge in [0.2, 0.25) is 0 Å². The molecule has 0 atom stereocenters. The summed E-state index contributed by atoms with van der Waals surface area (Å²) in [5.74, 6) is -0.418. The van der Waals surface area contributed by atoms with E-state index in [0.717, 1.165) is 5.56 Å². The summed E-state index contributed by atoms with van der Waals surface area (Å²) in [5, 5.41) is 0. The Kier molecular flexibility index (Phi) is 3.88. The van der Waals surface area contributed by atoms with Gasteiger partial charge in [0, 0.05) is 0 Å². The molecule has 0 bridgehead atoms. The molecule has 0 unspecified atom stereocenters. The molecule has 16 heavy (non-hydrogen) atoms. The van der Waals surface area contributed by atoms with Crippen LogP contribution in [0.1, 0.15) is 22.8 Å². The normalized spacial score (nSPS) is 9.62. The predicted molar refractivity (Wildman–Crippen MR) is 62.6 cm³/mol. The number of guanidine groups is 1. The number of carbonyl (C=O) groups excluding carboxylic acids is 1. The number of aryl methyl sites for hydroxylation is 1. The van der Waals surface area contributed by atoms with E-state index in [1.807, 2.05) is 6.92 Å². The molecule has 5 nitrogen and oxygen atoms in total. The molecule has 0 aliphatic heterocycles. The molecule has 0 spiro atoms. The topological polar surface area (TPSA) is 90.7 Å². The minimum absolute atomic E-state index is 0.0379. The molecule has 0 fully saturated rings. The molecule has 1 aromatic carbocycles. The fraction of sp³-hybridized carbons (Fsp3) is 0.273. The Hall–Kier alpha value is -2.04. The van der Waals surface area contributed by atoms with Gasteiger partial charge in [0.05, 0.1) is 17.9 Å². The summed E-state index contributed by atoms with van der Waals surface area (Å²) in [6, 6.07) is 5.06. The summed E-state index contributed by atoms with van der Waals surface area (Å²) >= 11 is 0. The molecule has 0 saturated carbocycles. The second kappa shape index (κ2) is 5.16. The van der Waals surface area contributed by atoms with Crippen LogP contribution in [0.3, 0.4) is 0 Å². The third-order valence-electron chi connectivity index (χ3n) is 1.97. The molecule has 86 valence electrons. The Labute approximate surface area is 94.1 Å². The lowest BCUT2D eigenvalue weighted by atomic mass is 10.1. The van der Waals surface area contributed by atoms with E-state index in [9.17, 15) is 4.79 Å². The molecule has 0 aliphatic carbocycles. The quantitative estimate of drug-likeness (QED) is 0.454. The van der Waals surface area contributed by atoms with Crippen LogP contribution >= 0.6 is 0 Å². The van der Waals surface area contributed by atoms with Gasteiger partial charge in [-0.3, -0.25) is 0 Å². The van der Waals surface area contributed by atoms with Crippen LogP contribution in [-0.2, 0) is 4.74 Å². The minimum atomic E-state index is -0.380. The van der Waals surface area contributed by atoms with Gasteiger partial charge in [-0.1, -0.05) is 6.07 Å². The number of benzene rings is 1. The zero-order valence-electron chi connectivity index (χ0n) is 9.36. The maximum atomic E-state index is 11.5. The van der Waals surface area contributed by atoms with Gasteiger partial charge in [0.1, 0.15) is 0 Å². The molecule has 1 aromatic rings. The highest BCUT2D eigenvalue weighted by Gasteiger charge is 2.08. The molecule has 0 radical (unpaired) electrons. The second-order valence-corrected chi connectivity index (χ2v) is 3.26. The van der Waals surface area contributed by atoms with Crippen molar-refractivity contribution in [2.75, 3.05) is 6.61 Å². The summed E-state index contributed by atoms with van der Waals surface area (Å²) in [6.07, 6.45) is 0. The van der Waals surface area contributed by atoms with Gasteiger partial charge in [0.25, 0.3) is 0 Å². The first kappa shape index (κ1) is 12.0. The highest BCUT2D eigenvalue weighted by molar-refractivity contribution is 5.91. The van der Waals surface area contributed by atoms with Crippen LogP contribution in [-0.4, -0.2) is 18.5 Å². The van der Waals surface area contributed by atoms with Gasteiger partial charge in [-0.15, -0.1) is 0 Å². The van der Waals surface area contributed by atoms with E-state index in [4.69, 9.17) is 16.2 Å². The standard InChI is InChI=1S/C11H15N3O2/c1-3-16-10(15)8-5-4-7(2)9(6-8)14-11(12)13/h4-6H,3H2,1-2H3,(H4,12,13,14). The third kappa shape index (κ3) is 2.98. The number of nitrogens with two attached hydrogens (primary N) is 2. The lowest BCUT2D eigenvalue weighted by Crippen LogP contribution is -2.22. The maximum Gasteiger partial charge on any atom is 0.338 e. The van der Waals surface area contributed by atoms with E-state index >= 15 is 0 Å². The van der Waals surface area contributed by atoms with Crippen molar-refractivity contribution >= 4 is 17.6 Å². The molecule has 4 N–H and O–H groups in total. The Bertz CT molecular complexity index is 423. The van der Waals surface area contributed by atoms with E-state index in [1.165, 1.54) is 0 Å². The van der Waals surface area contributed by atoms with Crippen molar-refractivity contribution in [1.29, 1.82) is 0 Å². The van der Waals surface area contributed by atoms with Gasteiger partial charge < -0.3 is 16.2 Å². The Morgan fingerprint density at radius 1 is 1.44 bits per heavy atom. The van der Waals surface area contributed by atoms with Gasteiger partial charge in [-0.2, -0.15) is 0 Å².